The summed E-state index contributed by atoms with van der Waals surface area (Å²) in [5, 5.41) is 1.15. The molecule has 0 bridgehead atoms. The third-order valence-electron chi connectivity index (χ3n) is 12.2. The van der Waals surface area contributed by atoms with Crippen LogP contribution in [0.4, 0.5) is 0 Å². The van der Waals surface area contributed by atoms with Gasteiger partial charge >= 0.3 is 0 Å². The normalized spacial score (nSPS) is 13.1. The zero-order chi connectivity index (χ0) is 39.6. The van der Waals surface area contributed by atoms with Gasteiger partial charge in [-0.15, -0.1) is 0 Å². The van der Waals surface area contributed by atoms with Gasteiger partial charge in [-0.2, -0.15) is 0 Å². The number of hydrogen-bond donors (Lipinski definition) is 0. The molecule has 0 fully saturated rings. The van der Waals surface area contributed by atoms with Crippen LogP contribution in [0.15, 0.2) is 222 Å². The summed E-state index contributed by atoms with van der Waals surface area (Å²) in [6.45, 7) is 0. The van der Waals surface area contributed by atoms with E-state index in [4.69, 9.17) is 9.97 Å². The van der Waals surface area contributed by atoms with E-state index in [1.807, 2.05) is 30.1 Å². The third kappa shape index (κ3) is 5.28. The summed E-state index contributed by atoms with van der Waals surface area (Å²) < 4.78 is 0. The molecule has 0 radical (unpaired) electrons. The molecule has 10 aromatic rings. The zero-order valence-electron chi connectivity index (χ0n) is 32.5. The second-order valence-electron chi connectivity index (χ2n) is 15.4. The summed E-state index contributed by atoms with van der Waals surface area (Å²) >= 11 is 1.87. The van der Waals surface area contributed by atoms with Crippen LogP contribution in [0.3, 0.4) is 0 Å². The maximum absolute atomic E-state index is 5.42. The van der Waals surface area contributed by atoms with Crippen molar-refractivity contribution in [2.45, 2.75) is 15.2 Å². The smallest absolute Gasteiger partial charge is 0.160 e. The molecule has 0 unspecified atom stereocenters. The Balaban J connectivity index is 1.15. The summed E-state index contributed by atoms with van der Waals surface area (Å²) in [5.41, 5.74) is 17.7. The summed E-state index contributed by atoms with van der Waals surface area (Å²) in [7, 11) is 0. The van der Waals surface area contributed by atoms with E-state index in [2.05, 4.69) is 199 Å². The van der Waals surface area contributed by atoms with Gasteiger partial charge in [-0.05, 0) is 86.0 Å². The number of benzene rings is 8. The van der Waals surface area contributed by atoms with Crippen LogP contribution in [0, 0.1) is 0 Å². The maximum Gasteiger partial charge on any atom is 0.160 e. The molecule has 0 N–H and O–H groups in total. The van der Waals surface area contributed by atoms with Crippen molar-refractivity contribution in [2.24, 2.45) is 0 Å². The first-order valence-electron chi connectivity index (χ1n) is 20.3. The van der Waals surface area contributed by atoms with Crippen LogP contribution in [-0.4, -0.2) is 15.0 Å². The molecule has 1 aliphatic carbocycles. The van der Waals surface area contributed by atoms with E-state index in [9.17, 15) is 0 Å². The Morgan fingerprint density at radius 2 is 0.900 bits per heavy atom. The zero-order valence-corrected chi connectivity index (χ0v) is 33.3. The molecular weight excluding hydrogens is 747 g/mol. The van der Waals surface area contributed by atoms with Crippen molar-refractivity contribution >= 4 is 22.7 Å². The molecule has 0 atom stereocenters. The highest BCUT2D eigenvalue weighted by Crippen LogP contribution is 2.64. The van der Waals surface area contributed by atoms with Crippen LogP contribution in [-0.2, 0) is 5.41 Å². The Bertz CT molecular complexity index is 3180. The lowest BCUT2D eigenvalue weighted by Crippen LogP contribution is -2.31. The molecule has 8 aromatic carbocycles. The van der Waals surface area contributed by atoms with Gasteiger partial charge in [0.15, 0.2) is 5.82 Å². The molecule has 3 heterocycles. The molecule has 2 aromatic heterocycles. The van der Waals surface area contributed by atoms with Crippen LogP contribution in [0.25, 0.3) is 78.2 Å². The van der Waals surface area contributed by atoms with E-state index in [1.165, 1.54) is 54.3 Å². The maximum atomic E-state index is 5.42. The number of fused-ring (bicyclic) bond motifs is 10. The Morgan fingerprint density at radius 1 is 0.367 bits per heavy atom. The van der Waals surface area contributed by atoms with Crippen LogP contribution in [0.2, 0.25) is 0 Å². The van der Waals surface area contributed by atoms with E-state index < -0.39 is 5.41 Å². The lowest BCUT2D eigenvalue weighted by Gasteiger charge is -2.39. The fraction of sp³-hybridized carbons (Fsp3) is 0.0179. The van der Waals surface area contributed by atoms with Crippen LogP contribution in [0.5, 0.6) is 0 Å². The highest BCUT2D eigenvalue weighted by atomic mass is 32.2. The van der Waals surface area contributed by atoms with Gasteiger partial charge in [0.1, 0.15) is 0 Å². The Hall–Kier alpha value is -7.40. The SMILES string of the molecule is c1ccc(-c2cc(-c3cccc4c3-c3c(-c5ccc(-c6ccnc7ccccc67)cc5)cccc3C43c4ccccc4Sc4ccccc43)nc(-c3ccccc3)n2)cc1. The fourth-order valence-corrected chi connectivity index (χ4v) is 10.9. The summed E-state index contributed by atoms with van der Waals surface area (Å²) in [6.07, 6.45) is 1.91. The number of para-hydroxylation sites is 1. The average molecular weight is 782 g/mol. The molecule has 12 rings (SSSR count). The highest BCUT2D eigenvalue weighted by Gasteiger charge is 2.51. The van der Waals surface area contributed by atoms with Gasteiger partial charge in [-0.3, -0.25) is 4.98 Å². The molecule has 0 saturated carbocycles. The lowest BCUT2D eigenvalue weighted by atomic mass is 9.67. The molecule has 1 aliphatic heterocycles. The minimum atomic E-state index is -0.553. The number of nitrogens with zero attached hydrogens (tertiary/aromatic N) is 3. The number of pyridine rings is 1. The van der Waals surface area contributed by atoms with E-state index in [0.29, 0.717) is 5.82 Å². The molecule has 4 heteroatoms. The molecule has 60 heavy (non-hydrogen) atoms. The summed E-state index contributed by atoms with van der Waals surface area (Å²) in [4.78, 5) is 17.8. The van der Waals surface area contributed by atoms with Gasteiger partial charge in [-0.25, -0.2) is 9.97 Å². The molecular formula is C56H35N3S. The van der Waals surface area contributed by atoms with Crippen molar-refractivity contribution in [1.29, 1.82) is 0 Å². The molecule has 2 aliphatic rings. The second-order valence-corrected chi connectivity index (χ2v) is 16.5. The molecule has 1 spiro atoms. The number of aromatic nitrogens is 3. The highest BCUT2D eigenvalue weighted by molar-refractivity contribution is 7.99. The first kappa shape index (κ1) is 34.6. The topological polar surface area (TPSA) is 38.7 Å². The van der Waals surface area contributed by atoms with Gasteiger partial charge in [0.25, 0.3) is 0 Å². The average Bonchev–Trinajstić information content (AvgIpc) is 3.63. The number of rotatable bonds is 5. The third-order valence-corrected chi connectivity index (χ3v) is 13.4. The van der Waals surface area contributed by atoms with Gasteiger partial charge in [-0.1, -0.05) is 188 Å². The Labute approximate surface area is 353 Å². The van der Waals surface area contributed by atoms with Crippen molar-refractivity contribution in [1.82, 2.24) is 15.0 Å². The van der Waals surface area contributed by atoms with E-state index in [1.54, 1.807) is 0 Å². The van der Waals surface area contributed by atoms with E-state index >= 15 is 0 Å². The molecule has 3 nitrogen and oxygen atoms in total. The van der Waals surface area contributed by atoms with Gasteiger partial charge in [0.2, 0.25) is 0 Å². The number of hydrogen-bond acceptors (Lipinski definition) is 4. The summed E-state index contributed by atoms with van der Waals surface area (Å²) in [5.74, 6) is 0.703. The fourth-order valence-electron chi connectivity index (χ4n) is 9.68. The molecule has 280 valence electrons. The van der Waals surface area contributed by atoms with Crippen molar-refractivity contribution in [3.05, 3.63) is 235 Å². The minimum Gasteiger partial charge on any atom is -0.256 e. The first-order chi connectivity index (χ1) is 29.8. The van der Waals surface area contributed by atoms with Gasteiger partial charge in [0, 0.05) is 38.1 Å². The first-order valence-corrected chi connectivity index (χ1v) is 21.2. The Morgan fingerprint density at radius 3 is 1.60 bits per heavy atom. The summed E-state index contributed by atoms with van der Waals surface area (Å²) in [6, 6.07) is 74.3. The van der Waals surface area contributed by atoms with Crippen LogP contribution in [0.1, 0.15) is 22.3 Å². The van der Waals surface area contributed by atoms with Crippen molar-refractivity contribution < 1.29 is 0 Å². The quantitative estimate of drug-likeness (QED) is 0.174. The predicted octanol–water partition coefficient (Wildman–Crippen LogP) is 14.2. The largest absolute Gasteiger partial charge is 0.256 e. The van der Waals surface area contributed by atoms with Crippen molar-refractivity contribution in [2.75, 3.05) is 0 Å². The Kier molecular flexibility index (Phi) is 8.00. The van der Waals surface area contributed by atoms with Gasteiger partial charge in [0.05, 0.1) is 22.3 Å². The van der Waals surface area contributed by atoms with Crippen LogP contribution >= 0.6 is 11.8 Å². The second kappa shape index (κ2) is 13.9. The van der Waals surface area contributed by atoms with Crippen molar-refractivity contribution in [3.8, 4) is 67.3 Å². The standard InChI is InChI=1S/C56H35N3S/c1-3-15-38(16-4-1)49-35-50(59-55(58-49)39-17-5-2-6-18-39)43-21-14-25-47-54(43)53-41(37-31-29-36(30-32-37)40-33-34-57-48-26-10-7-19-42(40)48)20-13-24-46(53)56(47)44-22-8-11-27-51(44)60-52-28-12-9-23-45(52)56/h1-35H. The molecule has 0 amide bonds. The van der Waals surface area contributed by atoms with Crippen LogP contribution < -0.4 is 0 Å². The van der Waals surface area contributed by atoms with Crippen molar-refractivity contribution in [3.63, 3.8) is 0 Å². The molecule has 0 saturated heterocycles. The van der Waals surface area contributed by atoms with E-state index in [-0.39, 0.29) is 0 Å². The van der Waals surface area contributed by atoms with E-state index in [0.717, 1.165) is 50.1 Å². The predicted molar refractivity (Wildman–Crippen MR) is 246 cm³/mol. The lowest BCUT2D eigenvalue weighted by molar-refractivity contribution is 0.722. The van der Waals surface area contributed by atoms with Gasteiger partial charge < -0.3 is 0 Å². The minimum absolute atomic E-state index is 0.553. The monoisotopic (exact) mass is 781 g/mol.